The molecule has 10 nitrogen and oxygen atoms in total. The second kappa shape index (κ2) is 11.0. The lowest BCUT2D eigenvalue weighted by atomic mass is 10.0. The van der Waals surface area contributed by atoms with Crippen LogP contribution in [0.4, 0.5) is 17.6 Å². The number of nitrogens with one attached hydrogen (secondary N) is 1. The zero-order valence-electron chi connectivity index (χ0n) is 19.6. The number of fused-ring (bicyclic) bond motifs is 1. The predicted molar refractivity (Wildman–Crippen MR) is 125 cm³/mol. The number of rotatable bonds is 7. The number of aliphatic imine (C=N–C) groups is 1. The van der Waals surface area contributed by atoms with Crippen molar-refractivity contribution < 1.29 is 31.8 Å². The van der Waals surface area contributed by atoms with Crippen molar-refractivity contribution in [3.05, 3.63) is 59.2 Å². The molecule has 0 radical (unpaired) electrons. The van der Waals surface area contributed by atoms with Crippen LogP contribution in [0.1, 0.15) is 33.5 Å². The first kappa shape index (κ1) is 26.2. The molecule has 3 heterocycles. The van der Waals surface area contributed by atoms with Crippen molar-refractivity contribution >= 4 is 28.9 Å². The highest BCUT2D eigenvalue weighted by molar-refractivity contribution is 6.09. The Morgan fingerprint density at radius 3 is 2.81 bits per heavy atom. The molecule has 37 heavy (non-hydrogen) atoms. The van der Waals surface area contributed by atoms with Gasteiger partial charge in [0.2, 0.25) is 0 Å². The Labute approximate surface area is 208 Å². The lowest BCUT2D eigenvalue weighted by Gasteiger charge is -2.22. The normalized spacial score (nSPS) is 17.0. The van der Waals surface area contributed by atoms with Crippen LogP contribution in [0.2, 0.25) is 0 Å². The number of nitrogens with two attached hydrogens (primary N) is 1. The fourth-order valence-electron chi connectivity index (χ4n) is 3.80. The molecule has 0 aliphatic carbocycles. The molecule has 1 aliphatic rings. The van der Waals surface area contributed by atoms with Gasteiger partial charge in [-0.25, -0.2) is 19.3 Å². The molecular formula is C23H23F4N7O3. The number of amides is 1. The number of alkyl halides is 3. The van der Waals surface area contributed by atoms with Crippen LogP contribution >= 0.6 is 0 Å². The van der Waals surface area contributed by atoms with Gasteiger partial charge in [0.15, 0.2) is 11.3 Å². The van der Waals surface area contributed by atoms with Crippen LogP contribution in [0, 0.1) is 5.82 Å². The Hall–Kier alpha value is -3.91. The number of ether oxygens (including phenoxy) is 2. The second-order valence-corrected chi connectivity index (χ2v) is 8.10. The molecule has 196 valence electrons. The Kier molecular flexibility index (Phi) is 7.78. The van der Waals surface area contributed by atoms with Crippen LogP contribution in [0.5, 0.6) is 0 Å². The zero-order chi connectivity index (χ0) is 26.6. The number of benzene rings is 1. The van der Waals surface area contributed by atoms with Crippen molar-refractivity contribution in [1.82, 2.24) is 24.8 Å². The van der Waals surface area contributed by atoms with E-state index in [1.807, 2.05) is 0 Å². The fraction of sp³-hybridized carbons (Fsp3) is 0.348. The minimum absolute atomic E-state index is 0.0569. The molecule has 0 saturated carbocycles. The number of carbonyl (C=O) groups is 1. The summed E-state index contributed by atoms with van der Waals surface area (Å²) in [7, 11) is 1.71. The summed E-state index contributed by atoms with van der Waals surface area (Å²) < 4.78 is 64.2. The van der Waals surface area contributed by atoms with E-state index in [2.05, 4.69) is 25.3 Å². The second-order valence-electron chi connectivity index (χ2n) is 8.10. The summed E-state index contributed by atoms with van der Waals surface area (Å²) in [6.07, 6.45) is -1.74. The van der Waals surface area contributed by atoms with Gasteiger partial charge in [-0.1, -0.05) is 0 Å². The lowest BCUT2D eigenvalue weighted by Crippen LogP contribution is -2.26. The zero-order valence-corrected chi connectivity index (χ0v) is 19.6. The van der Waals surface area contributed by atoms with Crippen LogP contribution in [0.25, 0.3) is 16.7 Å². The lowest BCUT2D eigenvalue weighted by molar-refractivity contribution is -0.118. The number of aromatic nitrogens is 4. The molecule has 2 aromatic heterocycles. The Bertz CT molecular complexity index is 1350. The summed E-state index contributed by atoms with van der Waals surface area (Å²) in [5, 5.41) is 2.67. The van der Waals surface area contributed by atoms with Gasteiger partial charge >= 0.3 is 6.18 Å². The van der Waals surface area contributed by atoms with Crippen molar-refractivity contribution in [2.75, 3.05) is 26.4 Å². The number of aryl methyl sites for hydroxylation is 1. The predicted octanol–water partition coefficient (Wildman–Crippen LogP) is 2.45. The number of carbonyl (C=O) groups excluding carboxylic acids is 1. The van der Waals surface area contributed by atoms with Gasteiger partial charge in [0.05, 0.1) is 19.8 Å². The summed E-state index contributed by atoms with van der Waals surface area (Å²) >= 11 is 0. The monoisotopic (exact) mass is 521 g/mol. The molecule has 1 aromatic carbocycles. The van der Waals surface area contributed by atoms with Crippen molar-refractivity contribution in [2.45, 2.75) is 18.8 Å². The molecule has 1 unspecified atom stereocenters. The molecule has 1 amide bonds. The van der Waals surface area contributed by atoms with Gasteiger partial charge in [-0.15, -0.1) is 0 Å². The van der Waals surface area contributed by atoms with Gasteiger partial charge in [-0.3, -0.25) is 9.79 Å². The summed E-state index contributed by atoms with van der Waals surface area (Å²) in [6.45, 7) is -0.285. The molecule has 3 aromatic rings. The van der Waals surface area contributed by atoms with E-state index in [4.69, 9.17) is 15.2 Å². The average molecular weight is 521 g/mol. The fourth-order valence-corrected chi connectivity index (χ4v) is 3.80. The van der Waals surface area contributed by atoms with Gasteiger partial charge in [0, 0.05) is 31.6 Å². The van der Waals surface area contributed by atoms with E-state index >= 15 is 0 Å². The molecule has 14 heteroatoms. The molecule has 1 saturated heterocycles. The van der Waals surface area contributed by atoms with Crippen LogP contribution in [-0.4, -0.2) is 64.2 Å². The third-order valence-corrected chi connectivity index (χ3v) is 5.45. The molecule has 1 atom stereocenters. The topological polar surface area (TPSA) is 130 Å². The van der Waals surface area contributed by atoms with Crippen molar-refractivity contribution in [3.63, 3.8) is 0 Å². The van der Waals surface area contributed by atoms with E-state index < -0.39 is 30.5 Å². The molecule has 0 bridgehead atoms. The maximum Gasteiger partial charge on any atom is 0.407 e. The van der Waals surface area contributed by atoms with Crippen LogP contribution < -0.4 is 11.1 Å². The molecule has 3 N–H and O–H groups in total. The van der Waals surface area contributed by atoms with Crippen molar-refractivity contribution in [3.8, 4) is 0 Å². The standard InChI is InChI=1S/C23H23F4N7O3/c1-34-19-18(31-12-32-20(19)33-21(34)17-10-36-2-3-37-17)22(35)30-8-13-4-14(6-16(24)5-13)15(7-28)9-29-11-23(25,26)27/h4-7,9,12,17H,2-3,8,10-11,28H2,1H3,(H,30,35). The third-order valence-electron chi connectivity index (χ3n) is 5.45. The van der Waals surface area contributed by atoms with E-state index in [1.165, 1.54) is 18.5 Å². The Morgan fingerprint density at radius 1 is 1.30 bits per heavy atom. The minimum Gasteiger partial charge on any atom is -0.404 e. The summed E-state index contributed by atoms with van der Waals surface area (Å²) in [6, 6.07) is 3.77. The summed E-state index contributed by atoms with van der Waals surface area (Å²) in [5.41, 5.74) is 6.89. The quantitative estimate of drug-likeness (QED) is 0.361. The van der Waals surface area contributed by atoms with E-state index in [0.717, 1.165) is 18.5 Å². The van der Waals surface area contributed by atoms with Crippen molar-refractivity contribution in [2.24, 2.45) is 17.8 Å². The number of hydrogen-bond donors (Lipinski definition) is 2. The number of hydrogen-bond acceptors (Lipinski definition) is 8. The maximum atomic E-state index is 14.3. The number of imidazole rings is 1. The highest BCUT2D eigenvalue weighted by atomic mass is 19.4. The minimum atomic E-state index is -4.48. The molecular weight excluding hydrogens is 498 g/mol. The summed E-state index contributed by atoms with van der Waals surface area (Å²) in [5.74, 6) is -0.692. The third kappa shape index (κ3) is 6.27. The first-order valence-electron chi connectivity index (χ1n) is 11.1. The van der Waals surface area contributed by atoms with E-state index in [9.17, 15) is 22.4 Å². The Balaban J connectivity index is 1.52. The highest BCUT2D eigenvalue weighted by Crippen LogP contribution is 2.25. The van der Waals surface area contributed by atoms with Crippen LogP contribution in [0.15, 0.2) is 35.7 Å². The van der Waals surface area contributed by atoms with Gasteiger partial charge in [-0.05, 0) is 29.3 Å². The van der Waals surface area contributed by atoms with E-state index in [1.54, 1.807) is 11.6 Å². The van der Waals surface area contributed by atoms with Crippen LogP contribution in [0.3, 0.4) is 0 Å². The smallest absolute Gasteiger partial charge is 0.404 e. The SMILES string of the molecule is Cn1c(C2COCCO2)nc2ncnc(C(=O)NCc3cc(F)cc(C(C=NCC(F)(F)F)=CN)c3)c21. The van der Waals surface area contributed by atoms with Crippen molar-refractivity contribution in [1.29, 1.82) is 0 Å². The van der Waals surface area contributed by atoms with Gasteiger partial charge in [-0.2, -0.15) is 13.2 Å². The first-order valence-corrected chi connectivity index (χ1v) is 11.1. The highest BCUT2D eigenvalue weighted by Gasteiger charge is 2.27. The Morgan fingerprint density at radius 2 is 2.11 bits per heavy atom. The number of allylic oxidation sites excluding steroid dienone is 1. The first-order chi connectivity index (χ1) is 17.7. The van der Waals surface area contributed by atoms with Gasteiger partial charge in [0.1, 0.15) is 36.1 Å². The van der Waals surface area contributed by atoms with Gasteiger partial charge < -0.3 is 25.1 Å². The summed E-state index contributed by atoms with van der Waals surface area (Å²) in [4.78, 5) is 29.0. The van der Waals surface area contributed by atoms with E-state index in [0.29, 0.717) is 42.4 Å². The maximum absolute atomic E-state index is 14.3. The van der Waals surface area contributed by atoms with Gasteiger partial charge in [0.25, 0.3) is 5.91 Å². The van der Waals surface area contributed by atoms with E-state index in [-0.39, 0.29) is 23.4 Å². The van der Waals surface area contributed by atoms with Crippen LogP contribution in [-0.2, 0) is 23.1 Å². The molecule has 1 aliphatic heterocycles. The average Bonchev–Trinajstić information content (AvgIpc) is 3.21. The number of halogens is 4. The number of nitrogens with zero attached hydrogens (tertiary/aromatic N) is 5. The largest absolute Gasteiger partial charge is 0.407 e. The molecule has 1 fully saturated rings. The molecule has 4 rings (SSSR count). The molecule has 0 spiro atoms.